The van der Waals surface area contributed by atoms with Crippen LogP contribution in [0.25, 0.3) is 10.2 Å². The van der Waals surface area contributed by atoms with Gasteiger partial charge in [-0.3, -0.25) is 0 Å². The second-order valence-corrected chi connectivity index (χ2v) is 5.55. The number of hydrogen-bond donors (Lipinski definition) is 1. The van der Waals surface area contributed by atoms with Crippen molar-refractivity contribution in [3.8, 4) is 11.5 Å². The number of nitrogens with zero attached hydrogens (tertiary/aromatic N) is 1. The summed E-state index contributed by atoms with van der Waals surface area (Å²) in [5.74, 6) is 1.60. The Morgan fingerprint density at radius 3 is 2.65 bits per heavy atom. The molecule has 6 heteroatoms. The van der Waals surface area contributed by atoms with Crippen LogP contribution >= 0.6 is 11.3 Å². The number of hydrogen-bond acceptors (Lipinski definition) is 6. The molecule has 0 atom stereocenters. The molecule has 110 valence electrons. The van der Waals surface area contributed by atoms with Crippen LogP contribution in [0.2, 0.25) is 0 Å². The molecule has 0 amide bonds. The van der Waals surface area contributed by atoms with Crippen LogP contribution in [0.3, 0.4) is 0 Å². The van der Waals surface area contributed by atoms with Gasteiger partial charge < -0.3 is 19.5 Å². The van der Waals surface area contributed by atoms with Crippen LogP contribution in [0.4, 0.5) is 5.13 Å². The molecule has 0 bridgehead atoms. The van der Waals surface area contributed by atoms with Crippen molar-refractivity contribution in [3.05, 3.63) is 12.1 Å². The summed E-state index contributed by atoms with van der Waals surface area (Å²) in [7, 11) is 3.34. The number of ether oxygens (including phenoxy) is 3. The Morgan fingerprint density at radius 2 is 2.00 bits per heavy atom. The molecule has 1 N–H and O–H groups in total. The predicted octanol–water partition coefficient (Wildman–Crippen LogP) is 3.15. The van der Waals surface area contributed by atoms with E-state index in [1.165, 1.54) is 0 Å². The average molecular weight is 296 g/mol. The Hall–Kier alpha value is -1.53. The number of thiazole rings is 1. The van der Waals surface area contributed by atoms with Gasteiger partial charge in [-0.2, -0.15) is 0 Å². The van der Waals surface area contributed by atoms with Gasteiger partial charge in [0.2, 0.25) is 0 Å². The van der Waals surface area contributed by atoms with Gasteiger partial charge in [-0.1, -0.05) is 11.3 Å². The summed E-state index contributed by atoms with van der Waals surface area (Å²) >= 11 is 1.56. The van der Waals surface area contributed by atoms with Crippen LogP contribution in [0.5, 0.6) is 11.5 Å². The number of fused-ring (bicyclic) bond motifs is 1. The van der Waals surface area contributed by atoms with Crippen molar-refractivity contribution in [1.29, 1.82) is 0 Å². The zero-order chi connectivity index (χ0) is 14.5. The van der Waals surface area contributed by atoms with E-state index in [1.54, 1.807) is 25.6 Å². The van der Waals surface area contributed by atoms with Crippen molar-refractivity contribution >= 4 is 26.7 Å². The molecule has 20 heavy (non-hydrogen) atoms. The van der Waals surface area contributed by atoms with Gasteiger partial charge in [0.15, 0.2) is 5.13 Å². The molecular formula is C14H20N2O3S. The Bertz CT molecular complexity index is 569. The highest BCUT2D eigenvalue weighted by Crippen LogP contribution is 2.39. The Morgan fingerprint density at radius 1 is 1.25 bits per heavy atom. The minimum atomic E-state index is 0.109. The van der Waals surface area contributed by atoms with E-state index in [0.29, 0.717) is 6.61 Å². The van der Waals surface area contributed by atoms with Crippen molar-refractivity contribution in [2.24, 2.45) is 0 Å². The molecular weight excluding hydrogens is 276 g/mol. The van der Waals surface area contributed by atoms with Crippen molar-refractivity contribution < 1.29 is 14.2 Å². The lowest BCUT2D eigenvalue weighted by molar-refractivity contribution is 0.211. The highest BCUT2D eigenvalue weighted by Gasteiger charge is 2.14. The number of aromatic nitrogens is 1. The largest absolute Gasteiger partial charge is 0.495 e. The van der Waals surface area contributed by atoms with E-state index in [0.717, 1.165) is 33.4 Å². The molecule has 2 aromatic rings. The maximum atomic E-state index is 5.80. The Kier molecular flexibility index (Phi) is 5.03. The Labute approximate surface area is 122 Å². The first-order valence-electron chi connectivity index (χ1n) is 6.52. The van der Waals surface area contributed by atoms with Gasteiger partial charge in [-0.05, 0) is 26.0 Å². The molecule has 0 aliphatic rings. The lowest BCUT2D eigenvalue weighted by atomic mass is 10.3. The van der Waals surface area contributed by atoms with Crippen molar-refractivity contribution in [2.45, 2.75) is 20.0 Å². The number of benzene rings is 1. The highest BCUT2D eigenvalue weighted by atomic mass is 32.1. The summed E-state index contributed by atoms with van der Waals surface area (Å²) in [6.07, 6.45) is 0.109. The molecule has 0 saturated heterocycles. The molecule has 1 heterocycles. The van der Waals surface area contributed by atoms with E-state index in [-0.39, 0.29) is 6.10 Å². The van der Waals surface area contributed by atoms with E-state index < -0.39 is 0 Å². The topological polar surface area (TPSA) is 52.6 Å². The first-order valence-corrected chi connectivity index (χ1v) is 7.34. The lowest BCUT2D eigenvalue weighted by Crippen LogP contribution is -2.07. The lowest BCUT2D eigenvalue weighted by Gasteiger charge is -2.11. The molecule has 1 aromatic carbocycles. The van der Waals surface area contributed by atoms with Crippen molar-refractivity contribution in [1.82, 2.24) is 4.98 Å². The quantitative estimate of drug-likeness (QED) is 0.795. The first kappa shape index (κ1) is 14.9. The zero-order valence-electron chi connectivity index (χ0n) is 12.2. The first-order chi connectivity index (χ1) is 9.65. The van der Waals surface area contributed by atoms with Crippen LogP contribution in [-0.2, 0) is 4.74 Å². The van der Waals surface area contributed by atoms with Crippen LogP contribution < -0.4 is 14.8 Å². The Balaban J connectivity index is 2.35. The second-order valence-electron chi connectivity index (χ2n) is 4.55. The third-order valence-corrected chi connectivity index (χ3v) is 3.66. The fourth-order valence-corrected chi connectivity index (χ4v) is 2.80. The van der Waals surface area contributed by atoms with E-state index in [9.17, 15) is 0 Å². The fourth-order valence-electron chi connectivity index (χ4n) is 1.81. The molecule has 1 aromatic heterocycles. The monoisotopic (exact) mass is 296 g/mol. The van der Waals surface area contributed by atoms with Crippen molar-refractivity contribution in [2.75, 3.05) is 32.7 Å². The molecule has 2 rings (SSSR count). The summed E-state index contributed by atoms with van der Waals surface area (Å²) in [6.45, 7) is 5.36. The summed E-state index contributed by atoms with van der Waals surface area (Å²) in [5, 5.41) is 4.08. The number of anilines is 1. The fraction of sp³-hybridized carbons (Fsp3) is 0.500. The number of rotatable bonds is 7. The van der Waals surface area contributed by atoms with E-state index in [4.69, 9.17) is 14.2 Å². The van der Waals surface area contributed by atoms with E-state index >= 15 is 0 Å². The van der Waals surface area contributed by atoms with Crippen LogP contribution in [0.15, 0.2) is 12.1 Å². The SMILES string of the molecule is COCCNc1nc2c(OC(C)C)ccc(OC)c2s1. The molecule has 0 radical (unpaired) electrons. The van der Waals surface area contributed by atoms with Gasteiger partial charge in [0, 0.05) is 13.7 Å². The van der Waals surface area contributed by atoms with Gasteiger partial charge in [0.25, 0.3) is 0 Å². The summed E-state index contributed by atoms with van der Waals surface area (Å²) in [6, 6.07) is 3.82. The smallest absolute Gasteiger partial charge is 0.184 e. The van der Waals surface area contributed by atoms with Crippen LogP contribution in [0.1, 0.15) is 13.8 Å². The highest BCUT2D eigenvalue weighted by molar-refractivity contribution is 7.22. The molecule has 0 saturated carbocycles. The number of methoxy groups -OCH3 is 2. The summed E-state index contributed by atoms with van der Waals surface area (Å²) in [4.78, 5) is 4.59. The standard InChI is InChI=1S/C14H20N2O3S/c1-9(2)19-10-5-6-11(18-4)13-12(10)16-14(20-13)15-7-8-17-3/h5-6,9H,7-8H2,1-4H3,(H,15,16). The van der Waals surface area contributed by atoms with Crippen LogP contribution in [0, 0.1) is 0 Å². The minimum absolute atomic E-state index is 0.109. The molecule has 0 spiro atoms. The normalized spacial score (nSPS) is 11.1. The van der Waals surface area contributed by atoms with Gasteiger partial charge in [0.1, 0.15) is 21.7 Å². The third kappa shape index (κ3) is 3.32. The minimum Gasteiger partial charge on any atom is -0.495 e. The molecule has 0 fully saturated rings. The van der Waals surface area contributed by atoms with E-state index in [1.807, 2.05) is 26.0 Å². The predicted molar refractivity (Wildman–Crippen MR) is 82.3 cm³/mol. The third-order valence-electron chi connectivity index (χ3n) is 2.64. The molecule has 0 aliphatic heterocycles. The van der Waals surface area contributed by atoms with Gasteiger partial charge in [-0.15, -0.1) is 0 Å². The second kappa shape index (κ2) is 6.76. The zero-order valence-corrected chi connectivity index (χ0v) is 13.0. The molecule has 0 aliphatic carbocycles. The van der Waals surface area contributed by atoms with Gasteiger partial charge >= 0.3 is 0 Å². The maximum absolute atomic E-state index is 5.80. The summed E-state index contributed by atoms with van der Waals surface area (Å²) < 4.78 is 17.2. The van der Waals surface area contributed by atoms with E-state index in [2.05, 4.69) is 10.3 Å². The van der Waals surface area contributed by atoms with Gasteiger partial charge in [-0.25, -0.2) is 4.98 Å². The van der Waals surface area contributed by atoms with Crippen LogP contribution in [-0.4, -0.2) is 38.5 Å². The van der Waals surface area contributed by atoms with Gasteiger partial charge in [0.05, 0.1) is 19.8 Å². The maximum Gasteiger partial charge on any atom is 0.184 e. The summed E-state index contributed by atoms with van der Waals surface area (Å²) in [5.41, 5.74) is 0.836. The average Bonchev–Trinajstić information content (AvgIpc) is 2.83. The molecule has 0 unspecified atom stereocenters. The molecule has 5 nitrogen and oxygen atoms in total. The number of nitrogens with one attached hydrogen (secondary N) is 1. The van der Waals surface area contributed by atoms with Crippen molar-refractivity contribution in [3.63, 3.8) is 0 Å².